The van der Waals surface area contributed by atoms with Crippen LogP contribution in [0.4, 0.5) is 5.82 Å². The molecule has 0 saturated heterocycles. The van der Waals surface area contributed by atoms with Crippen molar-refractivity contribution in [1.29, 1.82) is 0 Å². The Bertz CT molecular complexity index is 509. The van der Waals surface area contributed by atoms with E-state index in [0.717, 1.165) is 5.69 Å². The molecule has 88 valence electrons. The number of pyridine rings is 1. The molecular formula is C10H9ClN4OS. The highest BCUT2D eigenvalue weighted by atomic mass is 35.5. The number of nitrogen functional groups attached to an aromatic ring is 1. The van der Waals surface area contributed by atoms with Gasteiger partial charge in [0.1, 0.15) is 11.0 Å². The third-order valence-corrected chi connectivity index (χ3v) is 2.82. The van der Waals surface area contributed by atoms with E-state index in [2.05, 4.69) is 15.3 Å². The fourth-order valence-corrected chi connectivity index (χ4v) is 2.02. The number of anilines is 1. The summed E-state index contributed by atoms with van der Waals surface area (Å²) in [7, 11) is 0. The molecule has 0 spiro atoms. The molecule has 0 saturated carbocycles. The summed E-state index contributed by atoms with van der Waals surface area (Å²) in [5.74, 6) is -0.0368. The average Bonchev–Trinajstić information content (AvgIpc) is 2.77. The summed E-state index contributed by atoms with van der Waals surface area (Å²) in [6, 6.07) is 2.94. The highest BCUT2D eigenvalue weighted by Gasteiger charge is 2.08. The summed E-state index contributed by atoms with van der Waals surface area (Å²) in [5, 5.41) is 4.79. The van der Waals surface area contributed by atoms with Gasteiger partial charge >= 0.3 is 0 Å². The number of carbonyl (C=O) groups excluding carboxylic acids is 1. The van der Waals surface area contributed by atoms with Gasteiger partial charge in [0.05, 0.1) is 17.7 Å². The lowest BCUT2D eigenvalue weighted by Gasteiger charge is -2.04. The average molecular weight is 269 g/mol. The summed E-state index contributed by atoms with van der Waals surface area (Å²) in [6.07, 6.45) is 0. The third kappa shape index (κ3) is 3.15. The Morgan fingerprint density at radius 2 is 2.35 bits per heavy atom. The van der Waals surface area contributed by atoms with Crippen LogP contribution in [0.15, 0.2) is 23.0 Å². The second-order valence-corrected chi connectivity index (χ2v) is 4.37. The van der Waals surface area contributed by atoms with Crippen molar-refractivity contribution >= 4 is 34.7 Å². The molecule has 2 heterocycles. The number of hydrogen-bond acceptors (Lipinski definition) is 5. The lowest BCUT2D eigenvalue weighted by Crippen LogP contribution is -2.23. The zero-order valence-corrected chi connectivity index (χ0v) is 10.3. The molecule has 17 heavy (non-hydrogen) atoms. The maximum Gasteiger partial charge on any atom is 0.251 e. The second-order valence-electron chi connectivity index (χ2n) is 3.27. The van der Waals surface area contributed by atoms with E-state index in [0.29, 0.717) is 12.1 Å². The maximum atomic E-state index is 11.8. The number of nitrogens with two attached hydrogens (primary N) is 1. The molecule has 0 radical (unpaired) electrons. The molecule has 0 fully saturated rings. The molecule has 2 aromatic rings. The quantitative estimate of drug-likeness (QED) is 0.831. The zero-order chi connectivity index (χ0) is 12.3. The molecule has 3 N–H and O–H groups in total. The Morgan fingerprint density at radius 3 is 3.00 bits per heavy atom. The number of carbonyl (C=O) groups is 1. The van der Waals surface area contributed by atoms with E-state index in [9.17, 15) is 4.79 Å². The van der Waals surface area contributed by atoms with Crippen LogP contribution >= 0.6 is 22.9 Å². The van der Waals surface area contributed by atoms with Gasteiger partial charge in [-0.2, -0.15) is 0 Å². The smallest absolute Gasteiger partial charge is 0.251 e. The summed E-state index contributed by atoms with van der Waals surface area (Å²) >= 11 is 7.19. The van der Waals surface area contributed by atoms with Crippen molar-refractivity contribution in [3.8, 4) is 0 Å². The normalized spacial score (nSPS) is 10.2. The molecule has 7 heteroatoms. The van der Waals surface area contributed by atoms with Crippen LogP contribution in [-0.2, 0) is 6.54 Å². The van der Waals surface area contributed by atoms with Gasteiger partial charge in [-0.05, 0) is 12.1 Å². The molecule has 0 unspecified atom stereocenters. The van der Waals surface area contributed by atoms with Crippen molar-refractivity contribution in [3.05, 3.63) is 39.4 Å². The maximum absolute atomic E-state index is 11.8. The molecule has 2 aromatic heterocycles. The Labute approximate surface area is 107 Å². The first-order valence-corrected chi connectivity index (χ1v) is 6.05. The first-order valence-electron chi connectivity index (χ1n) is 4.73. The Morgan fingerprint density at radius 1 is 1.53 bits per heavy atom. The SMILES string of the molecule is Nc1cc(C(=O)NCc2cscn2)cc(Cl)n1. The van der Waals surface area contributed by atoms with Crippen molar-refractivity contribution in [2.45, 2.75) is 6.54 Å². The minimum absolute atomic E-state index is 0.198. The van der Waals surface area contributed by atoms with Gasteiger partial charge in [-0.15, -0.1) is 11.3 Å². The fraction of sp³-hybridized carbons (Fsp3) is 0.100. The molecule has 5 nitrogen and oxygen atoms in total. The molecule has 0 bridgehead atoms. The van der Waals surface area contributed by atoms with Crippen molar-refractivity contribution in [1.82, 2.24) is 15.3 Å². The highest BCUT2D eigenvalue weighted by Crippen LogP contribution is 2.12. The van der Waals surface area contributed by atoms with Crippen LogP contribution in [0.1, 0.15) is 16.1 Å². The van der Waals surface area contributed by atoms with Gasteiger partial charge in [-0.3, -0.25) is 4.79 Å². The van der Waals surface area contributed by atoms with Crippen LogP contribution in [0, 0.1) is 0 Å². The van der Waals surface area contributed by atoms with Gasteiger partial charge in [0.15, 0.2) is 0 Å². The fourth-order valence-electron chi connectivity index (χ4n) is 1.25. The molecule has 0 aliphatic rings. The Hall–Kier alpha value is -1.66. The predicted molar refractivity (Wildman–Crippen MR) is 66.9 cm³/mol. The van der Waals surface area contributed by atoms with Crippen molar-refractivity contribution in [2.75, 3.05) is 5.73 Å². The summed E-state index contributed by atoms with van der Waals surface area (Å²) in [4.78, 5) is 19.6. The zero-order valence-electron chi connectivity index (χ0n) is 8.68. The van der Waals surface area contributed by atoms with Crippen molar-refractivity contribution < 1.29 is 4.79 Å². The minimum Gasteiger partial charge on any atom is -0.384 e. The van der Waals surface area contributed by atoms with E-state index >= 15 is 0 Å². The van der Waals surface area contributed by atoms with Gasteiger partial charge in [-0.1, -0.05) is 11.6 Å². The van der Waals surface area contributed by atoms with E-state index in [1.165, 1.54) is 23.5 Å². The molecular weight excluding hydrogens is 260 g/mol. The van der Waals surface area contributed by atoms with Crippen LogP contribution in [-0.4, -0.2) is 15.9 Å². The van der Waals surface area contributed by atoms with E-state index in [1.807, 2.05) is 5.38 Å². The van der Waals surface area contributed by atoms with Crippen LogP contribution in [0.3, 0.4) is 0 Å². The van der Waals surface area contributed by atoms with Gasteiger partial charge < -0.3 is 11.1 Å². The third-order valence-electron chi connectivity index (χ3n) is 1.99. The van der Waals surface area contributed by atoms with E-state index in [1.54, 1.807) is 5.51 Å². The second kappa shape index (κ2) is 5.11. The number of nitrogens with one attached hydrogen (secondary N) is 1. The van der Waals surface area contributed by atoms with Gasteiger partial charge in [0, 0.05) is 10.9 Å². The lowest BCUT2D eigenvalue weighted by molar-refractivity contribution is 0.0950. The van der Waals surface area contributed by atoms with Crippen molar-refractivity contribution in [2.24, 2.45) is 0 Å². The number of thiazole rings is 1. The largest absolute Gasteiger partial charge is 0.384 e. The molecule has 1 amide bonds. The number of rotatable bonds is 3. The Balaban J connectivity index is 2.04. The monoisotopic (exact) mass is 268 g/mol. The van der Waals surface area contributed by atoms with E-state index in [4.69, 9.17) is 17.3 Å². The van der Waals surface area contributed by atoms with Crippen LogP contribution in [0.2, 0.25) is 5.15 Å². The molecule has 0 aliphatic carbocycles. The first-order chi connectivity index (χ1) is 8.15. The van der Waals surface area contributed by atoms with Crippen LogP contribution < -0.4 is 11.1 Å². The van der Waals surface area contributed by atoms with Gasteiger partial charge in [0.25, 0.3) is 5.91 Å². The number of nitrogens with zero attached hydrogens (tertiary/aromatic N) is 2. The standard InChI is InChI=1S/C10H9ClN4OS/c11-8-1-6(2-9(12)15-8)10(16)13-3-7-4-17-5-14-7/h1-2,4-5H,3H2,(H2,12,15)(H,13,16). The molecule has 0 aliphatic heterocycles. The van der Waals surface area contributed by atoms with Crippen molar-refractivity contribution in [3.63, 3.8) is 0 Å². The van der Waals surface area contributed by atoms with Gasteiger partial charge in [0.2, 0.25) is 0 Å². The van der Waals surface area contributed by atoms with Gasteiger partial charge in [-0.25, -0.2) is 9.97 Å². The van der Waals surface area contributed by atoms with E-state index < -0.39 is 0 Å². The summed E-state index contributed by atoms with van der Waals surface area (Å²) in [6.45, 7) is 0.377. The topological polar surface area (TPSA) is 80.9 Å². The summed E-state index contributed by atoms with van der Waals surface area (Å²) in [5.41, 5.74) is 8.42. The van der Waals surface area contributed by atoms with E-state index in [-0.39, 0.29) is 16.9 Å². The minimum atomic E-state index is -0.256. The predicted octanol–water partition coefficient (Wildman–Crippen LogP) is 1.70. The number of amides is 1. The van der Waals surface area contributed by atoms with Crippen LogP contribution in [0.25, 0.3) is 0 Å². The molecule has 0 aromatic carbocycles. The summed E-state index contributed by atoms with van der Waals surface area (Å²) < 4.78 is 0. The number of hydrogen-bond donors (Lipinski definition) is 2. The number of aromatic nitrogens is 2. The Kier molecular flexibility index (Phi) is 3.55. The molecule has 2 rings (SSSR count). The lowest BCUT2D eigenvalue weighted by atomic mass is 10.2. The number of halogens is 1. The molecule has 0 atom stereocenters. The first kappa shape index (κ1) is 11.8. The van der Waals surface area contributed by atoms with Crippen LogP contribution in [0.5, 0.6) is 0 Å². The highest BCUT2D eigenvalue weighted by molar-refractivity contribution is 7.07.